The van der Waals surface area contributed by atoms with Crippen molar-refractivity contribution in [2.75, 3.05) is 13.1 Å². The fourth-order valence-electron chi connectivity index (χ4n) is 5.60. The summed E-state index contributed by atoms with van der Waals surface area (Å²) < 4.78 is 27.5. The van der Waals surface area contributed by atoms with E-state index in [2.05, 4.69) is 70.5 Å². The second-order valence-corrected chi connectivity index (χ2v) is 9.43. The monoisotopic (exact) mass is 412 g/mol. The van der Waals surface area contributed by atoms with Gasteiger partial charge in [0.25, 0.3) is 5.92 Å². The largest absolute Gasteiger partial charge is 0.292 e. The first-order valence-corrected chi connectivity index (χ1v) is 11.4. The van der Waals surface area contributed by atoms with Gasteiger partial charge in [-0.3, -0.25) is 9.80 Å². The Kier molecular flexibility index (Phi) is 6.54. The lowest BCUT2D eigenvalue weighted by Crippen LogP contribution is -2.52. The smallest absolute Gasteiger partial charge is 0.257 e. The number of likely N-dealkylation sites (tertiary alicyclic amines) is 1. The van der Waals surface area contributed by atoms with E-state index in [1.807, 2.05) is 0 Å². The lowest BCUT2D eigenvalue weighted by molar-refractivity contribution is -0.0497. The molecule has 2 fully saturated rings. The molecule has 0 atom stereocenters. The van der Waals surface area contributed by atoms with Gasteiger partial charge in [0.15, 0.2) is 0 Å². The van der Waals surface area contributed by atoms with Crippen LogP contribution in [0.3, 0.4) is 0 Å². The molecule has 0 N–H and O–H groups in total. The first-order valence-electron chi connectivity index (χ1n) is 11.4. The normalized spacial score (nSPS) is 25.3. The lowest BCUT2D eigenvalue weighted by atomic mass is 9.77. The van der Waals surface area contributed by atoms with Gasteiger partial charge in [-0.15, -0.1) is 0 Å². The van der Waals surface area contributed by atoms with Crippen LogP contribution in [0.2, 0.25) is 0 Å². The molecule has 1 heterocycles. The summed E-state index contributed by atoms with van der Waals surface area (Å²) in [5.74, 6) is -2.61. The molecule has 1 saturated heterocycles. The average Bonchev–Trinajstić information content (AvgIpc) is 3.09. The summed E-state index contributed by atoms with van der Waals surface area (Å²) in [4.78, 5) is 4.72. The van der Waals surface area contributed by atoms with Crippen molar-refractivity contribution in [3.8, 4) is 0 Å². The van der Waals surface area contributed by atoms with E-state index < -0.39 is 5.92 Å². The molecule has 0 unspecified atom stereocenters. The van der Waals surface area contributed by atoms with Crippen LogP contribution in [-0.4, -0.2) is 40.4 Å². The number of alkyl halides is 2. The summed E-state index contributed by atoms with van der Waals surface area (Å²) in [5.41, 5.74) is 2.67. The van der Waals surface area contributed by atoms with Crippen LogP contribution in [0, 0.1) is 0 Å². The molecule has 162 valence electrons. The van der Waals surface area contributed by atoms with Crippen LogP contribution in [0.15, 0.2) is 60.7 Å². The first kappa shape index (κ1) is 21.5. The number of hydrogen-bond acceptors (Lipinski definition) is 2. The summed E-state index contributed by atoms with van der Waals surface area (Å²) in [6.45, 7) is 3.67. The number of rotatable bonds is 7. The van der Waals surface area contributed by atoms with E-state index in [0.717, 1.165) is 65.1 Å². The molecule has 1 aliphatic heterocycles. The highest BCUT2D eigenvalue weighted by Gasteiger charge is 2.46. The molecular weight excluding hydrogens is 378 g/mol. The van der Waals surface area contributed by atoms with Crippen LogP contribution in [0.4, 0.5) is 8.78 Å². The molecule has 2 aromatic rings. The zero-order valence-corrected chi connectivity index (χ0v) is 18.1. The van der Waals surface area contributed by atoms with Crippen LogP contribution in [0.25, 0.3) is 0 Å². The maximum Gasteiger partial charge on any atom is 0.257 e. The summed E-state index contributed by atoms with van der Waals surface area (Å²) >= 11 is 0. The Bertz CT molecular complexity index is 738. The van der Waals surface area contributed by atoms with E-state index >= 15 is 0 Å². The third-order valence-corrected chi connectivity index (χ3v) is 7.07. The number of halogens is 2. The maximum absolute atomic E-state index is 13.8. The van der Waals surface area contributed by atoms with E-state index in [1.54, 1.807) is 0 Å². The summed E-state index contributed by atoms with van der Waals surface area (Å²) in [7, 11) is 0. The van der Waals surface area contributed by atoms with Crippen molar-refractivity contribution in [3.63, 3.8) is 0 Å². The Morgan fingerprint density at radius 3 is 1.93 bits per heavy atom. The predicted molar refractivity (Wildman–Crippen MR) is 119 cm³/mol. The molecule has 2 nitrogen and oxygen atoms in total. The third-order valence-electron chi connectivity index (χ3n) is 7.07. The number of hydrogen-bond donors (Lipinski definition) is 0. The second kappa shape index (κ2) is 9.15. The summed E-state index contributed by atoms with van der Waals surface area (Å²) in [6.07, 6.45) is 6.38. The van der Waals surface area contributed by atoms with E-state index in [1.165, 1.54) is 11.1 Å². The Labute approximate surface area is 179 Å². The standard InChI is InChI=1S/C26H34F2N2/c1-25(27,28)21-30-18-8-15-26(30)16-13-24(14-17-26)29(19-22-9-4-2-5-10-22)20-23-11-6-3-7-12-23/h2-7,9-12,24H,8,13-21H2,1H3. The topological polar surface area (TPSA) is 6.48 Å². The molecule has 4 heteroatoms. The van der Waals surface area contributed by atoms with E-state index in [-0.39, 0.29) is 12.1 Å². The molecule has 1 saturated carbocycles. The highest BCUT2D eigenvalue weighted by atomic mass is 19.3. The quantitative estimate of drug-likeness (QED) is 0.540. The van der Waals surface area contributed by atoms with Crippen molar-refractivity contribution >= 4 is 0 Å². The van der Waals surface area contributed by atoms with E-state index in [4.69, 9.17) is 0 Å². The van der Waals surface area contributed by atoms with Crippen molar-refractivity contribution in [1.82, 2.24) is 9.80 Å². The summed E-state index contributed by atoms with van der Waals surface area (Å²) in [5, 5.41) is 0. The van der Waals surface area contributed by atoms with Gasteiger partial charge < -0.3 is 0 Å². The number of benzene rings is 2. The molecule has 0 aromatic heterocycles. The average molecular weight is 413 g/mol. The highest BCUT2D eigenvalue weighted by Crippen LogP contribution is 2.44. The van der Waals surface area contributed by atoms with E-state index in [0.29, 0.717) is 6.04 Å². The van der Waals surface area contributed by atoms with Gasteiger partial charge in [-0.2, -0.15) is 0 Å². The minimum atomic E-state index is -2.61. The zero-order valence-electron chi connectivity index (χ0n) is 18.1. The van der Waals surface area contributed by atoms with Crippen molar-refractivity contribution in [2.24, 2.45) is 0 Å². The zero-order chi connectivity index (χ0) is 21.0. The molecule has 30 heavy (non-hydrogen) atoms. The van der Waals surface area contributed by atoms with Gasteiger partial charge in [0.1, 0.15) is 0 Å². The molecule has 2 aromatic carbocycles. The molecule has 0 bridgehead atoms. The van der Waals surface area contributed by atoms with Gasteiger partial charge >= 0.3 is 0 Å². The molecule has 2 aliphatic rings. The molecule has 4 rings (SSSR count). The SMILES string of the molecule is CC(F)(F)CN1CCCC12CCC(N(Cc1ccccc1)Cc1ccccc1)CC2. The van der Waals surface area contributed by atoms with Crippen molar-refractivity contribution < 1.29 is 8.78 Å². The van der Waals surface area contributed by atoms with Gasteiger partial charge in [-0.1, -0.05) is 60.7 Å². The Morgan fingerprint density at radius 1 is 0.900 bits per heavy atom. The third kappa shape index (κ3) is 5.28. The van der Waals surface area contributed by atoms with Crippen molar-refractivity contribution in [3.05, 3.63) is 71.8 Å². The molecule has 1 aliphatic carbocycles. The Hall–Kier alpha value is -1.78. The molecular formula is C26H34F2N2. The minimum absolute atomic E-state index is 0.00110. The van der Waals surface area contributed by atoms with Crippen LogP contribution in [0.1, 0.15) is 56.6 Å². The van der Waals surface area contributed by atoms with Gasteiger partial charge in [-0.05, 0) is 56.2 Å². The fourth-order valence-corrected chi connectivity index (χ4v) is 5.60. The highest BCUT2D eigenvalue weighted by molar-refractivity contribution is 5.17. The molecule has 1 spiro atoms. The fraction of sp³-hybridized carbons (Fsp3) is 0.538. The lowest BCUT2D eigenvalue weighted by Gasteiger charge is -2.47. The molecule has 0 radical (unpaired) electrons. The molecule has 0 amide bonds. The Balaban J connectivity index is 1.46. The maximum atomic E-state index is 13.8. The summed E-state index contributed by atoms with van der Waals surface area (Å²) in [6, 6.07) is 21.8. The van der Waals surface area contributed by atoms with Crippen LogP contribution < -0.4 is 0 Å². The van der Waals surface area contributed by atoms with Crippen LogP contribution in [-0.2, 0) is 13.1 Å². The van der Waals surface area contributed by atoms with Gasteiger partial charge in [0.05, 0.1) is 6.54 Å². The van der Waals surface area contributed by atoms with Gasteiger partial charge in [-0.25, -0.2) is 8.78 Å². The van der Waals surface area contributed by atoms with E-state index in [9.17, 15) is 8.78 Å². The first-order chi connectivity index (χ1) is 14.4. The number of nitrogens with zero attached hydrogens (tertiary/aromatic N) is 2. The van der Waals surface area contributed by atoms with Crippen LogP contribution >= 0.6 is 0 Å². The van der Waals surface area contributed by atoms with Crippen LogP contribution in [0.5, 0.6) is 0 Å². The van der Waals surface area contributed by atoms with Crippen molar-refractivity contribution in [1.29, 1.82) is 0 Å². The van der Waals surface area contributed by atoms with Crippen molar-refractivity contribution in [2.45, 2.75) is 76.0 Å². The van der Waals surface area contributed by atoms with Gasteiger partial charge in [0, 0.05) is 31.6 Å². The second-order valence-electron chi connectivity index (χ2n) is 9.43. The predicted octanol–water partition coefficient (Wildman–Crippen LogP) is 6.12. The Morgan fingerprint density at radius 2 is 1.43 bits per heavy atom. The van der Waals surface area contributed by atoms with Gasteiger partial charge in [0.2, 0.25) is 0 Å². The minimum Gasteiger partial charge on any atom is -0.292 e.